The molecule has 1 atom stereocenters. The van der Waals surface area contributed by atoms with E-state index < -0.39 is 0 Å². The second-order valence-corrected chi connectivity index (χ2v) is 6.30. The molecule has 25 heavy (non-hydrogen) atoms. The van der Waals surface area contributed by atoms with E-state index >= 15 is 0 Å². The van der Waals surface area contributed by atoms with Crippen LogP contribution in [0.15, 0.2) is 22.7 Å². The van der Waals surface area contributed by atoms with E-state index in [2.05, 4.69) is 21.5 Å². The SMILES string of the molecule is Cc1nc([C@@H]2CCCCCN2C(=O)Nc2cc(C#N)ccc2C)no1. The molecular formula is C18H21N5O2. The topological polar surface area (TPSA) is 95.1 Å². The van der Waals surface area contributed by atoms with E-state index in [4.69, 9.17) is 9.78 Å². The molecule has 0 spiro atoms. The summed E-state index contributed by atoms with van der Waals surface area (Å²) in [4.78, 5) is 19.0. The Kier molecular flexibility index (Phi) is 4.98. The van der Waals surface area contributed by atoms with Crippen LogP contribution in [0.25, 0.3) is 0 Å². The van der Waals surface area contributed by atoms with Crippen LogP contribution in [0.4, 0.5) is 10.5 Å². The Bertz CT molecular complexity index is 808. The van der Waals surface area contributed by atoms with Crippen molar-refractivity contribution in [2.24, 2.45) is 0 Å². The van der Waals surface area contributed by atoms with Gasteiger partial charge in [-0.15, -0.1) is 0 Å². The molecule has 2 heterocycles. The number of carbonyl (C=O) groups is 1. The number of aromatic nitrogens is 2. The number of anilines is 1. The van der Waals surface area contributed by atoms with Crippen molar-refractivity contribution in [3.05, 3.63) is 41.0 Å². The van der Waals surface area contributed by atoms with Crippen LogP contribution >= 0.6 is 0 Å². The van der Waals surface area contributed by atoms with Gasteiger partial charge >= 0.3 is 6.03 Å². The first-order valence-electron chi connectivity index (χ1n) is 8.47. The number of rotatable bonds is 2. The maximum Gasteiger partial charge on any atom is 0.322 e. The Balaban J connectivity index is 1.84. The summed E-state index contributed by atoms with van der Waals surface area (Å²) in [6.45, 7) is 4.29. The van der Waals surface area contributed by atoms with Crippen LogP contribution in [0.2, 0.25) is 0 Å². The lowest BCUT2D eigenvalue weighted by atomic mass is 10.1. The van der Waals surface area contributed by atoms with Gasteiger partial charge in [-0.2, -0.15) is 10.2 Å². The zero-order valence-electron chi connectivity index (χ0n) is 14.5. The average Bonchev–Trinajstić information content (AvgIpc) is 2.89. The molecule has 1 aliphatic heterocycles. The fraction of sp³-hybridized carbons (Fsp3) is 0.444. The largest absolute Gasteiger partial charge is 0.340 e. The van der Waals surface area contributed by atoms with E-state index in [0.717, 1.165) is 31.2 Å². The molecule has 1 N–H and O–H groups in total. The highest BCUT2D eigenvalue weighted by atomic mass is 16.5. The van der Waals surface area contributed by atoms with Gasteiger partial charge in [-0.25, -0.2) is 4.79 Å². The van der Waals surface area contributed by atoms with Crippen molar-refractivity contribution in [3.63, 3.8) is 0 Å². The molecule has 2 amide bonds. The number of urea groups is 1. The normalized spacial score (nSPS) is 17.6. The zero-order valence-corrected chi connectivity index (χ0v) is 14.5. The molecule has 7 nitrogen and oxygen atoms in total. The zero-order chi connectivity index (χ0) is 17.8. The van der Waals surface area contributed by atoms with Crippen molar-refractivity contribution in [1.82, 2.24) is 15.0 Å². The smallest absolute Gasteiger partial charge is 0.322 e. The van der Waals surface area contributed by atoms with Crippen LogP contribution in [0, 0.1) is 25.2 Å². The molecule has 1 aliphatic rings. The van der Waals surface area contributed by atoms with E-state index in [9.17, 15) is 4.79 Å². The molecule has 130 valence electrons. The van der Waals surface area contributed by atoms with E-state index in [-0.39, 0.29) is 12.1 Å². The minimum absolute atomic E-state index is 0.195. The van der Waals surface area contributed by atoms with Gasteiger partial charge in [0.25, 0.3) is 0 Å². The summed E-state index contributed by atoms with van der Waals surface area (Å²) in [6, 6.07) is 6.96. The fourth-order valence-electron chi connectivity index (χ4n) is 3.08. The summed E-state index contributed by atoms with van der Waals surface area (Å²) < 4.78 is 5.10. The number of hydrogen-bond acceptors (Lipinski definition) is 5. The average molecular weight is 339 g/mol. The molecule has 0 radical (unpaired) electrons. The summed E-state index contributed by atoms with van der Waals surface area (Å²) >= 11 is 0. The van der Waals surface area contributed by atoms with Crippen molar-refractivity contribution >= 4 is 11.7 Å². The Morgan fingerprint density at radius 2 is 2.20 bits per heavy atom. The second kappa shape index (κ2) is 7.34. The van der Waals surface area contributed by atoms with Crippen molar-refractivity contribution in [1.29, 1.82) is 5.26 Å². The number of nitriles is 1. The van der Waals surface area contributed by atoms with Crippen LogP contribution in [0.5, 0.6) is 0 Å². The van der Waals surface area contributed by atoms with Crippen molar-refractivity contribution in [3.8, 4) is 6.07 Å². The van der Waals surface area contributed by atoms with Crippen LogP contribution in [-0.2, 0) is 0 Å². The number of nitrogens with zero attached hydrogens (tertiary/aromatic N) is 4. The third kappa shape index (κ3) is 3.79. The quantitative estimate of drug-likeness (QED) is 0.900. The standard InChI is InChI=1S/C18H21N5O2/c1-12-7-8-14(11-19)10-15(12)21-18(24)23-9-5-3-4-6-16(23)17-20-13(2)25-22-17/h7-8,10,16H,3-6,9H2,1-2H3,(H,21,24)/t16-/m0/s1. The number of nitrogens with one attached hydrogen (secondary N) is 1. The molecule has 7 heteroatoms. The highest BCUT2D eigenvalue weighted by Crippen LogP contribution is 2.29. The van der Waals surface area contributed by atoms with Gasteiger partial charge in [0.15, 0.2) is 5.82 Å². The molecule has 0 aliphatic carbocycles. The van der Waals surface area contributed by atoms with E-state index in [1.54, 1.807) is 24.0 Å². The molecule has 1 aromatic carbocycles. The van der Waals surface area contributed by atoms with Gasteiger partial charge in [-0.3, -0.25) is 0 Å². The minimum atomic E-state index is -0.201. The van der Waals surface area contributed by atoms with Crippen LogP contribution < -0.4 is 5.32 Å². The lowest BCUT2D eigenvalue weighted by Gasteiger charge is -2.28. The van der Waals surface area contributed by atoms with Gasteiger partial charge in [0, 0.05) is 19.2 Å². The molecule has 3 rings (SSSR count). The van der Waals surface area contributed by atoms with Gasteiger partial charge in [0.1, 0.15) is 0 Å². The summed E-state index contributed by atoms with van der Waals surface area (Å²) in [6.07, 6.45) is 3.84. The van der Waals surface area contributed by atoms with Gasteiger partial charge in [0.05, 0.1) is 17.7 Å². The first-order valence-corrected chi connectivity index (χ1v) is 8.47. The van der Waals surface area contributed by atoms with Crippen molar-refractivity contribution in [2.45, 2.75) is 45.6 Å². The van der Waals surface area contributed by atoms with Crippen LogP contribution in [0.1, 0.15) is 54.6 Å². The second-order valence-electron chi connectivity index (χ2n) is 6.30. The van der Waals surface area contributed by atoms with E-state index in [0.29, 0.717) is 29.5 Å². The van der Waals surface area contributed by atoms with Crippen LogP contribution in [0.3, 0.4) is 0 Å². The molecule has 0 bridgehead atoms. The fourth-order valence-corrected chi connectivity index (χ4v) is 3.08. The van der Waals surface area contributed by atoms with Crippen molar-refractivity contribution < 1.29 is 9.32 Å². The Morgan fingerprint density at radius 3 is 2.92 bits per heavy atom. The minimum Gasteiger partial charge on any atom is -0.340 e. The van der Waals surface area contributed by atoms with Gasteiger partial charge in [-0.1, -0.05) is 24.1 Å². The van der Waals surface area contributed by atoms with Crippen LogP contribution in [-0.4, -0.2) is 27.6 Å². The van der Waals surface area contributed by atoms with Gasteiger partial charge in [0.2, 0.25) is 5.89 Å². The monoisotopic (exact) mass is 339 g/mol. The summed E-state index contributed by atoms with van der Waals surface area (Å²) in [7, 11) is 0. The molecule has 1 fully saturated rings. The Morgan fingerprint density at radius 1 is 1.36 bits per heavy atom. The van der Waals surface area contributed by atoms with Crippen molar-refractivity contribution in [2.75, 3.05) is 11.9 Å². The number of hydrogen-bond donors (Lipinski definition) is 1. The molecule has 2 aromatic rings. The number of aryl methyl sites for hydroxylation is 2. The summed E-state index contributed by atoms with van der Waals surface area (Å²) in [5, 5.41) is 16.0. The predicted molar refractivity (Wildman–Crippen MR) is 91.9 cm³/mol. The summed E-state index contributed by atoms with van der Waals surface area (Å²) in [5.41, 5.74) is 2.08. The summed E-state index contributed by atoms with van der Waals surface area (Å²) in [5.74, 6) is 1.05. The highest BCUT2D eigenvalue weighted by molar-refractivity contribution is 5.90. The molecule has 1 saturated heterocycles. The highest BCUT2D eigenvalue weighted by Gasteiger charge is 2.30. The Hall–Kier alpha value is -2.88. The predicted octanol–water partition coefficient (Wildman–Crippen LogP) is 3.71. The maximum atomic E-state index is 12.9. The Labute approximate surface area is 146 Å². The first-order chi connectivity index (χ1) is 12.1. The molecule has 0 unspecified atom stereocenters. The first kappa shape index (κ1) is 17.0. The maximum absolute atomic E-state index is 12.9. The molecule has 1 aromatic heterocycles. The molecular weight excluding hydrogens is 318 g/mol. The third-order valence-corrected chi connectivity index (χ3v) is 4.46. The number of amides is 2. The number of likely N-dealkylation sites (tertiary alicyclic amines) is 1. The number of carbonyl (C=O) groups excluding carboxylic acids is 1. The lowest BCUT2D eigenvalue weighted by molar-refractivity contribution is 0.184. The van der Waals surface area contributed by atoms with E-state index in [1.807, 2.05) is 13.0 Å². The van der Waals surface area contributed by atoms with Gasteiger partial charge < -0.3 is 14.7 Å². The third-order valence-electron chi connectivity index (χ3n) is 4.46. The molecule has 0 saturated carbocycles. The van der Waals surface area contributed by atoms with E-state index in [1.165, 1.54) is 0 Å². The lowest BCUT2D eigenvalue weighted by Crippen LogP contribution is -2.38. The van der Waals surface area contributed by atoms with Gasteiger partial charge in [-0.05, 0) is 37.5 Å². The number of benzene rings is 1.